The standard InChI is InChI=1S/C70H44B2N4Se/c1-5-19-45(20-6-1)49-33-37-53(38-34-49)73-57-29-15-13-27-55(57)71-65-61(73)41-51(47-23-9-3-10-24-47)43-63(65)75-59-31-17-18-32-60(59)76-64-44-52(48-25-11-4-12-26-48)42-62-66(64)72(70-68(76)67(75)69(71)77-70)56-28-14-16-30-58(56)74(62)54-39-35-50(36-40-54)46-21-7-2-8-22-46/h1-44H. The molecule has 4 nitrogen and oxygen atoms in total. The zero-order chi connectivity index (χ0) is 50.3. The van der Waals surface area contributed by atoms with Crippen molar-refractivity contribution < 1.29 is 0 Å². The van der Waals surface area contributed by atoms with E-state index < -0.39 is 0 Å². The Morgan fingerprint density at radius 2 is 0.519 bits per heavy atom. The van der Waals surface area contributed by atoms with Gasteiger partial charge in [-0.25, -0.2) is 0 Å². The van der Waals surface area contributed by atoms with Gasteiger partial charge in [-0.2, -0.15) is 0 Å². The summed E-state index contributed by atoms with van der Waals surface area (Å²) in [7, 11) is 0. The molecular weight excluding hydrogens is 997 g/mol. The average Bonchev–Trinajstić information content (AvgIpc) is 3.60. The molecule has 1 aromatic heterocycles. The van der Waals surface area contributed by atoms with Crippen LogP contribution in [0.25, 0.3) is 44.5 Å². The van der Waals surface area contributed by atoms with Crippen molar-refractivity contribution >= 4 is 127 Å². The summed E-state index contributed by atoms with van der Waals surface area (Å²) in [6.45, 7) is 0.0940. The first-order valence-electron chi connectivity index (χ1n) is 26.7. The molecule has 6 heterocycles. The number of para-hydroxylation sites is 4. The first-order chi connectivity index (χ1) is 38.2. The molecule has 0 fully saturated rings. The summed E-state index contributed by atoms with van der Waals surface area (Å²) in [6.07, 6.45) is 0. The second kappa shape index (κ2) is 16.6. The van der Waals surface area contributed by atoms with Gasteiger partial charge in [0.2, 0.25) is 0 Å². The Balaban J connectivity index is 0.938. The quantitative estimate of drug-likeness (QED) is 0.154. The van der Waals surface area contributed by atoms with Gasteiger partial charge in [-0.3, -0.25) is 0 Å². The maximum atomic E-state index is 2.69. The monoisotopic (exact) mass is 1040 g/mol. The molecule has 0 bridgehead atoms. The van der Waals surface area contributed by atoms with Gasteiger partial charge in [-0.05, 0) is 0 Å². The third-order valence-corrected chi connectivity index (χ3v) is 19.4. The van der Waals surface area contributed by atoms with Crippen molar-refractivity contribution in [1.29, 1.82) is 0 Å². The molecule has 0 spiro atoms. The van der Waals surface area contributed by atoms with Crippen molar-refractivity contribution in [3.05, 3.63) is 267 Å². The molecule has 0 N–H and O–H groups in total. The number of rotatable bonds is 6. The molecule has 7 heteroatoms. The predicted molar refractivity (Wildman–Crippen MR) is 327 cm³/mol. The van der Waals surface area contributed by atoms with Crippen molar-refractivity contribution in [1.82, 2.24) is 0 Å². The van der Waals surface area contributed by atoms with Crippen molar-refractivity contribution in [2.45, 2.75) is 0 Å². The molecule has 11 aromatic carbocycles. The summed E-state index contributed by atoms with van der Waals surface area (Å²) >= 11 is -0.0438. The fourth-order valence-electron chi connectivity index (χ4n) is 13.4. The van der Waals surface area contributed by atoms with E-state index in [0.29, 0.717) is 0 Å². The van der Waals surface area contributed by atoms with Crippen LogP contribution in [0.2, 0.25) is 0 Å². The summed E-state index contributed by atoms with van der Waals surface area (Å²) in [4.78, 5) is 10.5. The first kappa shape index (κ1) is 43.0. The van der Waals surface area contributed by atoms with E-state index in [1.54, 1.807) is 0 Å². The van der Waals surface area contributed by atoms with Crippen LogP contribution in [0, 0.1) is 0 Å². The fourth-order valence-corrected chi connectivity index (χ4v) is 16.7. The van der Waals surface area contributed by atoms with Crippen LogP contribution in [0.1, 0.15) is 0 Å². The fraction of sp³-hybridized carbons (Fsp3) is 0. The Bertz CT molecular complexity index is 4080. The third-order valence-electron chi connectivity index (χ3n) is 16.7. The molecule has 0 saturated carbocycles. The number of hydrogen-bond acceptors (Lipinski definition) is 4. The van der Waals surface area contributed by atoms with E-state index in [1.807, 2.05) is 0 Å². The molecule has 0 radical (unpaired) electrons. The van der Waals surface area contributed by atoms with E-state index in [2.05, 4.69) is 287 Å². The van der Waals surface area contributed by atoms with E-state index in [1.165, 1.54) is 132 Å². The second-order valence-corrected chi connectivity index (χ2v) is 23.0. The van der Waals surface area contributed by atoms with Gasteiger partial charge >= 0.3 is 446 Å². The van der Waals surface area contributed by atoms with Gasteiger partial charge in [0.15, 0.2) is 0 Å². The molecule has 0 unspecified atom stereocenters. The van der Waals surface area contributed by atoms with Crippen molar-refractivity contribution in [3.8, 4) is 44.5 Å². The predicted octanol–water partition coefficient (Wildman–Crippen LogP) is 13.9. The van der Waals surface area contributed by atoms with Crippen LogP contribution in [0.5, 0.6) is 0 Å². The van der Waals surface area contributed by atoms with Gasteiger partial charge in [0.25, 0.3) is 0 Å². The Labute approximate surface area is 454 Å². The molecule has 0 saturated heterocycles. The second-order valence-electron chi connectivity index (χ2n) is 20.8. The minimum atomic E-state index is -0.0438. The Hall–Kier alpha value is -9.25. The van der Waals surface area contributed by atoms with Crippen LogP contribution in [0.4, 0.5) is 68.2 Å². The van der Waals surface area contributed by atoms with Gasteiger partial charge in [0.05, 0.1) is 0 Å². The van der Waals surface area contributed by atoms with Crippen LogP contribution >= 0.6 is 0 Å². The van der Waals surface area contributed by atoms with E-state index >= 15 is 0 Å². The molecular formula is C70H44B2N4Se. The van der Waals surface area contributed by atoms with Gasteiger partial charge < -0.3 is 0 Å². The Morgan fingerprint density at radius 1 is 0.234 bits per heavy atom. The number of benzene rings is 11. The molecule has 0 aliphatic carbocycles. The number of nitrogens with zero attached hydrogens (tertiary/aromatic N) is 4. The number of fused-ring (bicyclic) bond motifs is 11. The minimum absolute atomic E-state index is 0.0438. The van der Waals surface area contributed by atoms with Crippen molar-refractivity contribution in [3.63, 3.8) is 0 Å². The molecule has 0 atom stereocenters. The Morgan fingerprint density at radius 3 is 0.883 bits per heavy atom. The normalized spacial score (nSPS) is 13.6. The molecule has 5 aliphatic heterocycles. The summed E-state index contributed by atoms with van der Waals surface area (Å²) < 4.78 is 3.06. The first-order valence-corrected chi connectivity index (χ1v) is 28.4. The van der Waals surface area contributed by atoms with Crippen molar-refractivity contribution in [2.24, 2.45) is 0 Å². The summed E-state index contributed by atoms with van der Waals surface area (Å²) in [5.74, 6) is 0. The maximum absolute atomic E-state index is 2.69. The SMILES string of the molecule is c1ccc(-c2ccc(N3c4ccccc4B4c5[se]c6c7c5N(c5ccccc5N7c5cc(-c7ccccc7)cc7c5B6c5ccccc5N7c5ccc(-c6ccccc6)cc5)c5cc(-c6ccccc6)cc3c54)cc2)cc1. The van der Waals surface area contributed by atoms with Crippen LogP contribution in [-0.4, -0.2) is 27.9 Å². The van der Waals surface area contributed by atoms with Crippen molar-refractivity contribution in [2.75, 3.05) is 19.6 Å². The average molecular weight is 1040 g/mol. The number of hydrogen-bond donors (Lipinski definition) is 0. The molecule has 12 aromatic rings. The van der Waals surface area contributed by atoms with Gasteiger partial charge in [0, 0.05) is 0 Å². The zero-order valence-corrected chi connectivity index (χ0v) is 43.5. The summed E-state index contributed by atoms with van der Waals surface area (Å²) in [5.41, 5.74) is 30.0. The van der Waals surface area contributed by atoms with Crippen LogP contribution < -0.4 is 50.1 Å². The Kier molecular flexibility index (Phi) is 9.29. The molecule has 0 amide bonds. The molecule has 356 valence electrons. The topological polar surface area (TPSA) is 13.0 Å². The summed E-state index contributed by atoms with van der Waals surface area (Å²) in [6, 6.07) is 99.7. The van der Waals surface area contributed by atoms with Gasteiger partial charge in [-0.1, -0.05) is 12.1 Å². The molecule has 5 aliphatic rings. The van der Waals surface area contributed by atoms with Crippen LogP contribution in [0.15, 0.2) is 267 Å². The van der Waals surface area contributed by atoms with Crippen LogP contribution in [0.3, 0.4) is 0 Å². The third kappa shape index (κ3) is 6.24. The number of anilines is 12. The van der Waals surface area contributed by atoms with Crippen LogP contribution in [-0.2, 0) is 0 Å². The summed E-state index contributed by atoms with van der Waals surface area (Å²) in [5, 5.41) is 0. The molecule has 77 heavy (non-hydrogen) atoms. The van der Waals surface area contributed by atoms with Gasteiger partial charge in [0.1, 0.15) is 0 Å². The van der Waals surface area contributed by atoms with E-state index in [4.69, 9.17) is 0 Å². The van der Waals surface area contributed by atoms with Gasteiger partial charge in [-0.15, -0.1) is 0 Å². The van der Waals surface area contributed by atoms with E-state index in [-0.39, 0.29) is 27.9 Å². The van der Waals surface area contributed by atoms with E-state index in [9.17, 15) is 0 Å². The zero-order valence-electron chi connectivity index (χ0n) is 41.8. The molecule has 17 rings (SSSR count). The van der Waals surface area contributed by atoms with E-state index in [0.717, 1.165) is 11.4 Å².